The van der Waals surface area contributed by atoms with Crippen molar-refractivity contribution >= 4 is 29.2 Å². The van der Waals surface area contributed by atoms with E-state index in [1.54, 1.807) is 13.0 Å². The molecule has 1 N–H and O–H groups in total. The van der Waals surface area contributed by atoms with Gasteiger partial charge in [-0.2, -0.15) is 0 Å². The van der Waals surface area contributed by atoms with E-state index in [1.807, 2.05) is 0 Å². The first-order valence-corrected chi connectivity index (χ1v) is 5.28. The molecule has 1 aromatic carbocycles. The van der Waals surface area contributed by atoms with E-state index >= 15 is 0 Å². The Balaban J connectivity index is 2.75. The van der Waals surface area contributed by atoms with Gasteiger partial charge in [-0.1, -0.05) is 11.6 Å². The molecule has 6 heteroatoms. The number of nitrogens with one attached hydrogen (secondary N) is 1. The molecular weight excluding hydrogens is 246 g/mol. The van der Waals surface area contributed by atoms with Crippen molar-refractivity contribution in [2.45, 2.75) is 6.92 Å². The van der Waals surface area contributed by atoms with Gasteiger partial charge in [0, 0.05) is 6.07 Å². The number of benzene rings is 1. The molecule has 0 unspecified atom stereocenters. The molecule has 0 saturated heterocycles. The third-order valence-electron chi connectivity index (χ3n) is 1.89. The van der Waals surface area contributed by atoms with Crippen LogP contribution in [0.3, 0.4) is 0 Å². The van der Waals surface area contributed by atoms with E-state index < -0.39 is 11.9 Å². The molecule has 5 nitrogen and oxygen atoms in total. The third kappa shape index (κ3) is 3.64. The standard InChI is InChI=1S/C11H12ClNO4/c1-3-17-11(15)10(14)13-9-5-4-7(16-2)6-8(9)12/h4-6H,3H2,1-2H3,(H,13,14). The summed E-state index contributed by atoms with van der Waals surface area (Å²) in [5.74, 6) is -1.25. The van der Waals surface area contributed by atoms with Crippen LogP contribution in [0.4, 0.5) is 5.69 Å². The van der Waals surface area contributed by atoms with Crippen LogP contribution in [-0.4, -0.2) is 25.6 Å². The average Bonchev–Trinajstić information content (AvgIpc) is 2.31. The van der Waals surface area contributed by atoms with E-state index in [-0.39, 0.29) is 11.6 Å². The summed E-state index contributed by atoms with van der Waals surface area (Å²) in [7, 11) is 1.50. The van der Waals surface area contributed by atoms with E-state index in [2.05, 4.69) is 10.1 Å². The maximum atomic E-state index is 11.3. The van der Waals surface area contributed by atoms with Crippen LogP contribution in [0.5, 0.6) is 5.75 Å². The molecule has 0 aromatic heterocycles. The highest BCUT2D eigenvalue weighted by atomic mass is 35.5. The van der Waals surface area contributed by atoms with Crippen molar-refractivity contribution in [1.29, 1.82) is 0 Å². The zero-order chi connectivity index (χ0) is 12.8. The number of hydrogen-bond acceptors (Lipinski definition) is 4. The van der Waals surface area contributed by atoms with Gasteiger partial charge < -0.3 is 14.8 Å². The minimum absolute atomic E-state index is 0.141. The van der Waals surface area contributed by atoms with Gasteiger partial charge in [-0.25, -0.2) is 4.79 Å². The topological polar surface area (TPSA) is 64.6 Å². The van der Waals surface area contributed by atoms with Gasteiger partial charge in [-0.05, 0) is 19.1 Å². The summed E-state index contributed by atoms with van der Waals surface area (Å²) in [6.07, 6.45) is 0. The monoisotopic (exact) mass is 257 g/mol. The normalized spacial score (nSPS) is 9.59. The molecule has 17 heavy (non-hydrogen) atoms. The van der Waals surface area contributed by atoms with Crippen LogP contribution < -0.4 is 10.1 Å². The Kier molecular flexibility index (Phi) is 4.78. The minimum atomic E-state index is -0.945. The molecule has 0 heterocycles. The van der Waals surface area contributed by atoms with Crippen molar-refractivity contribution in [2.75, 3.05) is 19.0 Å². The highest BCUT2D eigenvalue weighted by molar-refractivity contribution is 6.39. The van der Waals surface area contributed by atoms with Crippen molar-refractivity contribution < 1.29 is 19.1 Å². The first-order chi connectivity index (χ1) is 8.08. The lowest BCUT2D eigenvalue weighted by Gasteiger charge is -2.07. The van der Waals surface area contributed by atoms with E-state index in [0.29, 0.717) is 11.4 Å². The molecule has 0 atom stereocenters. The van der Waals surface area contributed by atoms with Crippen LogP contribution in [0.25, 0.3) is 0 Å². The number of methoxy groups -OCH3 is 1. The van der Waals surface area contributed by atoms with E-state index in [4.69, 9.17) is 16.3 Å². The Morgan fingerprint density at radius 3 is 2.65 bits per heavy atom. The summed E-state index contributed by atoms with van der Waals surface area (Å²) in [6, 6.07) is 4.69. The van der Waals surface area contributed by atoms with Crippen LogP contribution >= 0.6 is 11.6 Å². The van der Waals surface area contributed by atoms with Gasteiger partial charge in [0.2, 0.25) is 0 Å². The summed E-state index contributed by atoms with van der Waals surface area (Å²) in [5, 5.41) is 2.62. The predicted octanol–water partition coefficient (Wildman–Crippen LogP) is 1.85. The predicted molar refractivity (Wildman–Crippen MR) is 63.3 cm³/mol. The van der Waals surface area contributed by atoms with Crippen LogP contribution in [0, 0.1) is 0 Å². The average molecular weight is 258 g/mol. The zero-order valence-electron chi connectivity index (χ0n) is 9.45. The van der Waals surface area contributed by atoms with Gasteiger partial charge in [0.15, 0.2) is 0 Å². The Hall–Kier alpha value is -1.75. The number of halogens is 1. The Bertz CT molecular complexity index is 433. The molecule has 1 amide bonds. The maximum Gasteiger partial charge on any atom is 0.397 e. The second-order valence-electron chi connectivity index (χ2n) is 3.02. The van der Waals surface area contributed by atoms with Crippen molar-refractivity contribution in [3.63, 3.8) is 0 Å². The first-order valence-electron chi connectivity index (χ1n) is 4.90. The number of amides is 1. The van der Waals surface area contributed by atoms with Gasteiger partial charge in [0.25, 0.3) is 0 Å². The number of hydrogen-bond donors (Lipinski definition) is 1. The molecule has 0 saturated carbocycles. The van der Waals surface area contributed by atoms with Crippen LogP contribution in [0.2, 0.25) is 5.02 Å². The van der Waals surface area contributed by atoms with Gasteiger partial charge >= 0.3 is 11.9 Å². The number of rotatable bonds is 3. The van der Waals surface area contributed by atoms with Crippen molar-refractivity contribution in [3.05, 3.63) is 23.2 Å². The Morgan fingerprint density at radius 1 is 1.41 bits per heavy atom. The van der Waals surface area contributed by atoms with Gasteiger partial charge in [0.05, 0.1) is 24.4 Å². The minimum Gasteiger partial charge on any atom is -0.497 e. The summed E-state index contributed by atoms with van der Waals surface area (Å²) in [6.45, 7) is 1.76. The third-order valence-corrected chi connectivity index (χ3v) is 2.20. The van der Waals surface area contributed by atoms with Gasteiger partial charge in [-0.15, -0.1) is 0 Å². The number of carbonyl (C=O) groups excluding carboxylic acids is 2. The smallest absolute Gasteiger partial charge is 0.397 e. The Morgan fingerprint density at radius 2 is 2.12 bits per heavy atom. The van der Waals surface area contributed by atoms with Crippen molar-refractivity contribution in [3.8, 4) is 5.75 Å². The van der Waals surface area contributed by atoms with Gasteiger partial charge in [-0.3, -0.25) is 4.79 Å². The fourth-order valence-corrected chi connectivity index (χ4v) is 1.31. The van der Waals surface area contributed by atoms with Crippen LogP contribution in [-0.2, 0) is 14.3 Å². The fraction of sp³-hybridized carbons (Fsp3) is 0.273. The molecule has 0 aliphatic rings. The molecular formula is C11H12ClNO4. The molecule has 0 aliphatic carbocycles. The second-order valence-corrected chi connectivity index (χ2v) is 3.43. The van der Waals surface area contributed by atoms with Crippen molar-refractivity contribution in [2.24, 2.45) is 0 Å². The largest absolute Gasteiger partial charge is 0.497 e. The molecule has 1 rings (SSSR count). The molecule has 0 fully saturated rings. The Labute approximate surface area is 104 Å². The quantitative estimate of drug-likeness (QED) is 0.663. The van der Waals surface area contributed by atoms with Crippen molar-refractivity contribution in [1.82, 2.24) is 0 Å². The summed E-state index contributed by atoms with van der Waals surface area (Å²) >= 11 is 5.89. The SMILES string of the molecule is CCOC(=O)C(=O)Nc1ccc(OC)cc1Cl. The number of carbonyl (C=O) groups is 2. The van der Waals surface area contributed by atoms with Crippen LogP contribution in [0.1, 0.15) is 6.92 Å². The van der Waals surface area contributed by atoms with E-state index in [9.17, 15) is 9.59 Å². The lowest BCUT2D eigenvalue weighted by molar-refractivity contribution is -0.152. The summed E-state index contributed by atoms with van der Waals surface area (Å²) in [5.41, 5.74) is 0.325. The van der Waals surface area contributed by atoms with E-state index in [0.717, 1.165) is 0 Å². The lowest BCUT2D eigenvalue weighted by atomic mass is 10.3. The van der Waals surface area contributed by atoms with Crippen LogP contribution in [0.15, 0.2) is 18.2 Å². The number of anilines is 1. The highest BCUT2D eigenvalue weighted by Crippen LogP contribution is 2.26. The maximum absolute atomic E-state index is 11.3. The second kappa shape index (κ2) is 6.10. The molecule has 0 bridgehead atoms. The van der Waals surface area contributed by atoms with Gasteiger partial charge in [0.1, 0.15) is 5.75 Å². The number of esters is 1. The zero-order valence-corrected chi connectivity index (χ0v) is 10.2. The first kappa shape index (κ1) is 13.3. The molecule has 1 aromatic rings. The molecule has 0 aliphatic heterocycles. The van der Waals surface area contributed by atoms with E-state index in [1.165, 1.54) is 19.2 Å². The number of ether oxygens (including phenoxy) is 2. The molecule has 0 radical (unpaired) electrons. The summed E-state index contributed by atoms with van der Waals surface area (Å²) in [4.78, 5) is 22.4. The summed E-state index contributed by atoms with van der Waals surface area (Å²) < 4.78 is 9.49. The molecule has 92 valence electrons. The fourth-order valence-electron chi connectivity index (χ4n) is 1.09. The highest BCUT2D eigenvalue weighted by Gasteiger charge is 2.16. The lowest BCUT2D eigenvalue weighted by Crippen LogP contribution is -2.25. The molecule has 0 spiro atoms.